The molecule has 4 heteroatoms. The normalized spacial score (nSPS) is 28.8. The molecule has 3 rings (SSSR count). The van der Waals surface area contributed by atoms with E-state index in [0.717, 1.165) is 34.8 Å². The van der Waals surface area contributed by atoms with Gasteiger partial charge in [0.15, 0.2) is 0 Å². The summed E-state index contributed by atoms with van der Waals surface area (Å²) in [6.07, 6.45) is 8.78. The predicted molar refractivity (Wildman–Crippen MR) is 90.6 cm³/mol. The average molecular weight is 371 g/mol. The van der Waals surface area contributed by atoms with Crippen molar-refractivity contribution in [2.75, 3.05) is 5.32 Å². The van der Waals surface area contributed by atoms with Crippen molar-refractivity contribution in [1.82, 2.24) is 0 Å². The van der Waals surface area contributed by atoms with Crippen LogP contribution in [-0.2, 0) is 4.79 Å². The van der Waals surface area contributed by atoms with Gasteiger partial charge in [-0.2, -0.15) is 0 Å². The maximum atomic E-state index is 12.5. The van der Waals surface area contributed by atoms with Gasteiger partial charge in [0.2, 0.25) is 5.91 Å². The molecule has 1 amide bonds. The Kier molecular flexibility index (Phi) is 4.90. The molecule has 1 N–H and O–H groups in total. The number of benzene rings is 1. The molecule has 21 heavy (non-hydrogen) atoms. The second-order valence-electron chi connectivity index (χ2n) is 6.43. The standard InChI is InChI=1S/C17H21BrClNO/c18-15-10-14(7-8-16(15)19)20-17(21)13-6-5-11-3-1-2-4-12(11)9-13/h7-8,10-13H,1-6,9H2,(H,20,21). The summed E-state index contributed by atoms with van der Waals surface area (Å²) in [5.74, 6) is 2.01. The number of hydrogen-bond acceptors (Lipinski definition) is 1. The van der Waals surface area contributed by atoms with Crippen molar-refractivity contribution in [1.29, 1.82) is 0 Å². The molecule has 2 saturated carbocycles. The minimum atomic E-state index is 0.174. The highest BCUT2D eigenvalue weighted by molar-refractivity contribution is 9.10. The van der Waals surface area contributed by atoms with E-state index < -0.39 is 0 Å². The summed E-state index contributed by atoms with van der Waals surface area (Å²) in [5, 5.41) is 3.71. The van der Waals surface area contributed by atoms with Crippen molar-refractivity contribution in [2.45, 2.75) is 44.9 Å². The quantitative estimate of drug-likeness (QED) is 0.716. The second-order valence-corrected chi connectivity index (χ2v) is 7.69. The molecule has 3 atom stereocenters. The largest absolute Gasteiger partial charge is 0.326 e. The van der Waals surface area contributed by atoms with Crippen LogP contribution in [-0.4, -0.2) is 5.91 Å². The molecule has 0 heterocycles. The zero-order chi connectivity index (χ0) is 14.8. The summed E-state index contributed by atoms with van der Waals surface area (Å²) in [6.45, 7) is 0. The number of fused-ring (bicyclic) bond motifs is 1. The van der Waals surface area contributed by atoms with Gasteiger partial charge in [-0.15, -0.1) is 0 Å². The Morgan fingerprint density at radius 1 is 1.14 bits per heavy atom. The summed E-state index contributed by atoms with van der Waals surface area (Å²) < 4.78 is 0.818. The molecule has 114 valence electrons. The molecule has 3 unspecified atom stereocenters. The zero-order valence-electron chi connectivity index (χ0n) is 12.1. The molecular formula is C17H21BrClNO. The lowest BCUT2D eigenvalue weighted by Crippen LogP contribution is -2.33. The van der Waals surface area contributed by atoms with Crippen LogP contribution >= 0.6 is 27.5 Å². The van der Waals surface area contributed by atoms with E-state index in [1.165, 1.54) is 32.1 Å². The number of rotatable bonds is 2. The Bertz CT molecular complexity index is 534. The third-order valence-corrected chi connectivity index (χ3v) is 6.31. The molecule has 0 radical (unpaired) electrons. The molecule has 2 fully saturated rings. The van der Waals surface area contributed by atoms with Crippen LogP contribution in [0.1, 0.15) is 44.9 Å². The van der Waals surface area contributed by atoms with Crippen LogP contribution in [0.5, 0.6) is 0 Å². The van der Waals surface area contributed by atoms with Crippen molar-refractivity contribution < 1.29 is 4.79 Å². The fourth-order valence-corrected chi connectivity index (χ4v) is 4.43. The smallest absolute Gasteiger partial charge is 0.227 e. The fourth-order valence-electron chi connectivity index (χ4n) is 3.93. The minimum Gasteiger partial charge on any atom is -0.326 e. The molecule has 0 aromatic heterocycles. The first kappa shape index (κ1) is 15.4. The molecule has 2 aliphatic carbocycles. The number of halogens is 2. The third kappa shape index (κ3) is 3.62. The van der Waals surface area contributed by atoms with Crippen LogP contribution in [0, 0.1) is 17.8 Å². The van der Waals surface area contributed by atoms with Crippen molar-refractivity contribution in [3.8, 4) is 0 Å². The van der Waals surface area contributed by atoms with Crippen LogP contribution in [0.2, 0.25) is 5.02 Å². The van der Waals surface area contributed by atoms with Gasteiger partial charge in [0.1, 0.15) is 0 Å². The van der Waals surface area contributed by atoms with E-state index in [1.807, 2.05) is 12.1 Å². The molecule has 0 bridgehead atoms. The summed E-state index contributed by atoms with van der Waals surface area (Å²) in [7, 11) is 0. The summed E-state index contributed by atoms with van der Waals surface area (Å²) in [4.78, 5) is 12.5. The number of hydrogen-bond donors (Lipinski definition) is 1. The number of carbonyl (C=O) groups is 1. The molecule has 1 aromatic carbocycles. The Labute approximate surface area is 139 Å². The lowest BCUT2D eigenvalue weighted by atomic mass is 9.67. The summed E-state index contributed by atoms with van der Waals surface area (Å²) >= 11 is 9.38. The monoisotopic (exact) mass is 369 g/mol. The maximum Gasteiger partial charge on any atom is 0.227 e. The highest BCUT2D eigenvalue weighted by atomic mass is 79.9. The minimum absolute atomic E-state index is 0.174. The lowest BCUT2D eigenvalue weighted by molar-refractivity contribution is -0.122. The second kappa shape index (κ2) is 6.70. The SMILES string of the molecule is O=C(Nc1ccc(Cl)c(Br)c1)C1CCC2CCCCC2C1. The number of carbonyl (C=O) groups excluding carboxylic acids is 1. The Morgan fingerprint density at radius 3 is 2.67 bits per heavy atom. The lowest BCUT2D eigenvalue weighted by Gasteiger charge is -2.38. The Hall–Kier alpha value is -0.540. The van der Waals surface area contributed by atoms with Crippen LogP contribution in [0.15, 0.2) is 22.7 Å². The maximum absolute atomic E-state index is 12.5. The van der Waals surface area contributed by atoms with Crippen LogP contribution < -0.4 is 5.32 Å². The van der Waals surface area contributed by atoms with Crippen molar-refractivity contribution in [2.24, 2.45) is 17.8 Å². The van der Waals surface area contributed by atoms with E-state index in [0.29, 0.717) is 5.02 Å². The van der Waals surface area contributed by atoms with Gasteiger partial charge in [-0.25, -0.2) is 0 Å². The van der Waals surface area contributed by atoms with Gasteiger partial charge in [-0.3, -0.25) is 4.79 Å². The van der Waals surface area contributed by atoms with Gasteiger partial charge < -0.3 is 5.32 Å². The molecule has 0 spiro atoms. The highest BCUT2D eigenvalue weighted by Crippen LogP contribution is 2.43. The molecule has 2 aliphatic rings. The van der Waals surface area contributed by atoms with E-state index in [-0.39, 0.29) is 11.8 Å². The van der Waals surface area contributed by atoms with Gasteiger partial charge in [0.05, 0.1) is 5.02 Å². The number of nitrogens with one attached hydrogen (secondary N) is 1. The predicted octanol–water partition coefficient (Wildman–Crippen LogP) is 5.65. The average Bonchev–Trinajstić information content (AvgIpc) is 2.50. The van der Waals surface area contributed by atoms with Gasteiger partial charge in [0, 0.05) is 16.1 Å². The van der Waals surface area contributed by atoms with E-state index in [1.54, 1.807) is 6.07 Å². The van der Waals surface area contributed by atoms with Gasteiger partial charge in [-0.1, -0.05) is 37.3 Å². The number of anilines is 1. The van der Waals surface area contributed by atoms with Crippen molar-refractivity contribution in [3.05, 3.63) is 27.7 Å². The van der Waals surface area contributed by atoms with E-state index in [2.05, 4.69) is 21.2 Å². The molecule has 0 aliphatic heterocycles. The summed E-state index contributed by atoms with van der Waals surface area (Å²) in [6, 6.07) is 5.53. The van der Waals surface area contributed by atoms with Crippen molar-refractivity contribution in [3.63, 3.8) is 0 Å². The first-order chi connectivity index (χ1) is 10.1. The Morgan fingerprint density at radius 2 is 1.90 bits per heavy atom. The third-order valence-electron chi connectivity index (χ3n) is 5.10. The molecular weight excluding hydrogens is 350 g/mol. The van der Waals surface area contributed by atoms with E-state index >= 15 is 0 Å². The first-order valence-electron chi connectivity index (χ1n) is 7.89. The summed E-state index contributed by atoms with van der Waals surface area (Å²) in [5.41, 5.74) is 0.821. The number of amides is 1. The van der Waals surface area contributed by atoms with Gasteiger partial charge in [-0.05, 0) is 65.2 Å². The molecule has 2 nitrogen and oxygen atoms in total. The van der Waals surface area contributed by atoms with E-state index in [4.69, 9.17) is 11.6 Å². The Balaban J connectivity index is 1.61. The topological polar surface area (TPSA) is 29.1 Å². The first-order valence-corrected chi connectivity index (χ1v) is 9.06. The zero-order valence-corrected chi connectivity index (χ0v) is 14.4. The van der Waals surface area contributed by atoms with Crippen LogP contribution in [0.4, 0.5) is 5.69 Å². The van der Waals surface area contributed by atoms with Crippen LogP contribution in [0.25, 0.3) is 0 Å². The van der Waals surface area contributed by atoms with Gasteiger partial charge >= 0.3 is 0 Å². The van der Waals surface area contributed by atoms with E-state index in [9.17, 15) is 4.79 Å². The van der Waals surface area contributed by atoms with Crippen LogP contribution in [0.3, 0.4) is 0 Å². The highest BCUT2D eigenvalue weighted by Gasteiger charge is 2.34. The fraction of sp³-hybridized carbons (Fsp3) is 0.588. The molecule has 0 saturated heterocycles. The van der Waals surface area contributed by atoms with Gasteiger partial charge in [0.25, 0.3) is 0 Å². The van der Waals surface area contributed by atoms with Crippen molar-refractivity contribution >= 4 is 39.1 Å². The molecule has 1 aromatic rings.